The van der Waals surface area contributed by atoms with Gasteiger partial charge in [-0.05, 0) is 18.1 Å². The number of allylic oxidation sites excluding steroid dienone is 9. The van der Waals surface area contributed by atoms with E-state index in [2.05, 4.69) is 35.7 Å². The molecule has 0 aliphatic rings. The van der Waals surface area contributed by atoms with E-state index in [9.17, 15) is 0 Å². The second-order valence-corrected chi connectivity index (χ2v) is 3.78. The Bertz CT molecular complexity index is 316. The molecule has 0 saturated heterocycles. The molecule has 80 valence electrons. The number of rotatable bonds is 6. The maximum atomic E-state index is 3.79. The van der Waals surface area contributed by atoms with E-state index in [-0.39, 0.29) is 4.83 Å². The van der Waals surface area contributed by atoms with Crippen LogP contribution in [0, 0.1) is 0 Å². The first-order chi connectivity index (χ1) is 7.21. The molecule has 0 aromatic heterocycles. The average Bonchev–Trinajstić information content (AvgIpc) is 2.26. The molecule has 0 radical (unpaired) electrons. The van der Waals surface area contributed by atoms with Crippen molar-refractivity contribution >= 4 is 15.9 Å². The van der Waals surface area contributed by atoms with Gasteiger partial charge in [0.25, 0.3) is 0 Å². The second kappa shape index (κ2) is 8.25. The van der Waals surface area contributed by atoms with Gasteiger partial charge < -0.3 is 0 Å². The van der Waals surface area contributed by atoms with E-state index in [4.69, 9.17) is 0 Å². The molecule has 0 rings (SSSR count). The minimum atomic E-state index is 0.113. The van der Waals surface area contributed by atoms with E-state index in [1.54, 1.807) is 6.08 Å². The highest BCUT2D eigenvalue weighted by atomic mass is 79.9. The zero-order valence-electron chi connectivity index (χ0n) is 9.12. The van der Waals surface area contributed by atoms with E-state index in [1.165, 1.54) is 0 Å². The minimum Gasteiger partial charge on any atom is -0.0991 e. The molecular weight excluding hydrogens is 248 g/mol. The third-order valence-corrected chi connectivity index (χ3v) is 2.91. The predicted molar refractivity (Wildman–Crippen MR) is 74.3 cm³/mol. The van der Waals surface area contributed by atoms with Crippen molar-refractivity contribution in [2.75, 3.05) is 0 Å². The van der Waals surface area contributed by atoms with Gasteiger partial charge in [-0.2, -0.15) is 0 Å². The lowest BCUT2D eigenvalue weighted by Gasteiger charge is -2.11. The molecule has 1 unspecified atom stereocenters. The Balaban J connectivity index is 5.00. The Morgan fingerprint density at radius 2 is 1.60 bits per heavy atom. The van der Waals surface area contributed by atoms with Gasteiger partial charge >= 0.3 is 0 Å². The lowest BCUT2D eigenvalue weighted by atomic mass is 10.0. The summed E-state index contributed by atoms with van der Waals surface area (Å²) in [5, 5.41) is 0. The maximum absolute atomic E-state index is 3.79. The summed E-state index contributed by atoms with van der Waals surface area (Å²) in [4.78, 5) is 0.113. The molecule has 0 aromatic rings. The van der Waals surface area contributed by atoms with Crippen LogP contribution < -0.4 is 0 Å². The average molecular weight is 265 g/mol. The topological polar surface area (TPSA) is 0 Å². The highest BCUT2D eigenvalue weighted by Gasteiger charge is 2.09. The number of hydrogen-bond acceptors (Lipinski definition) is 0. The van der Waals surface area contributed by atoms with Crippen molar-refractivity contribution in [3.63, 3.8) is 0 Å². The van der Waals surface area contributed by atoms with Gasteiger partial charge in [0, 0.05) is 0 Å². The van der Waals surface area contributed by atoms with Crippen molar-refractivity contribution in [1.82, 2.24) is 0 Å². The third kappa shape index (κ3) is 4.80. The van der Waals surface area contributed by atoms with Crippen LogP contribution in [0.3, 0.4) is 0 Å². The van der Waals surface area contributed by atoms with Crippen molar-refractivity contribution in [3.8, 4) is 0 Å². The summed E-state index contributed by atoms with van der Waals surface area (Å²) in [5.41, 5.74) is 2.17. The van der Waals surface area contributed by atoms with Crippen LogP contribution in [0.1, 0.15) is 6.92 Å². The zero-order valence-corrected chi connectivity index (χ0v) is 10.7. The van der Waals surface area contributed by atoms with Crippen LogP contribution >= 0.6 is 15.9 Å². The molecular formula is C14H17Br. The standard InChI is InChI=1S/C14H17Br/c1-5-9-11-13(8-4)14(15)12(7-3)10-6-2/h5-11,14H,2-4H2,1H3/b9-5-,12-10+,13-11+. The van der Waals surface area contributed by atoms with Gasteiger partial charge in [-0.3, -0.25) is 0 Å². The highest BCUT2D eigenvalue weighted by Crippen LogP contribution is 2.22. The van der Waals surface area contributed by atoms with Gasteiger partial charge in [-0.25, -0.2) is 0 Å². The van der Waals surface area contributed by atoms with Gasteiger partial charge in [-0.15, -0.1) is 0 Å². The first kappa shape index (κ1) is 13.9. The molecule has 0 aliphatic heterocycles. The molecule has 0 saturated carbocycles. The predicted octanol–water partition coefficient (Wildman–Crippen LogP) is 4.74. The fourth-order valence-corrected chi connectivity index (χ4v) is 1.73. The quantitative estimate of drug-likeness (QED) is 0.480. The van der Waals surface area contributed by atoms with Crippen LogP contribution in [0.2, 0.25) is 0 Å². The summed E-state index contributed by atoms with van der Waals surface area (Å²) in [7, 11) is 0. The fraction of sp³-hybridized carbons (Fsp3) is 0.143. The van der Waals surface area contributed by atoms with Gasteiger partial charge in [0.1, 0.15) is 0 Å². The Labute approximate surface area is 101 Å². The molecule has 1 heteroatoms. The van der Waals surface area contributed by atoms with Crippen molar-refractivity contribution in [3.05, 3.63) is 73.4 Å². The van der Waals surface area contributed by atoms with Crippen molar-refractivity contribution < 1.29 is 0 Å². The van der Waals surface area contributed by atoms with Crippen molar-refractivity contribution in [1.29, 1.82) is 0 Å². The molecule has 0 amide bonds. The molecule has 1 atom stereocenters. The first-order valence-electron chi connectivity index (χ1n) is 4.75. The maximum Gasteiger partial charge on any atom is 0.0644 e. The van der Waals surface area contributed by atoms with E-state index >= 15 is 0 Å². The van der Waals surface area contributed by atoms with Crippen LogP contribution in [-0.2, 0) is 0 Å². The van der Waals surface area contributed by atoms with Gasteiger partial charge in [0.05, 0.1) is 4.83 Å². The molecule has 0 fully saturated rings. The summed E-state index contributed by atoms with van der Waals surface area (Å²) in [5.74, 6) is 0. The lowest BCUT2D eigenvalue weighted by Crippen LogP contribution is -2.02. The van der Waals surface area contributed by atoms with Gasteiger partial charge in [-0.1, -0.05) is 78.2 Å². The van der Waals surface area contributed by atoms with Crippen LogP contribution in [0.25, 0.3) is 0 Å². The largest absolute Gasteiger partial charge is 0.0991 e. The van der Waals surface area contributed by atoms with Crippen LogP contribution in [0.15, 0.2) is 73.4 Å². The summed E-state index contributed by atoms with van der Waals surface area (Å²) in [6.07, 6.45) is 13.3. The number of alkyl halides is 1. The van der Waals surface area contributed by atoms with Crippen LogP contribution in [0.5, 0.6) is 0 Å². The molecule has 0 N–H and O–H groups in total. The third-order valence-electron chi connectivity index (χ3n) is 1.85. The molecule has 0 aliphatic carbocycles. The van der Waals surface area contributed by atoms with E-state index in [0.29, 0.717) is 0 Å². The number of halogens is 1. The Morgan fingerprint density at radius 1 is 1.07 bits per heavy atom. The van der Waals surface area contributed by atoms with E-state index in [1.807, 2.05) is 43.4 Å². The monoisotopic (exact) mass is 264 g/mol. The molecule has 0 spiro atoms. The van der Waals surface area contributed by atoms with Crippen LogP contribution in [-0.4, -0.2) is 4.83 Å². The fourth-order valence-electron chi connectivity index (χ4n) is 1.05. The highest BCUT2D eigenvalue weighted by molar-refractivity contribution is 9.09. The van der Waals surface area contributed by atoms with Gasteiger partial charge in [0.15, 0.2) is 0 Å². The molecule has 0 bridgehead atoms. The Hall–Kier alpha value is -1.08. The van der Waals surface area contributed by atoms with Crippen molar-refractivity contribution in [2.45, 2.75) is 11.8 Å². The summed E-state index contributed by atoms with van der Waals surface area (Å²) in [6, 6.07) is 0. The molecule has 0 aromatic carbocycles. The van der Waals surface area contributed by atoms with E-state index < -0.39 is 0 Å². The van der Waals surface area contributed by atoms with Gasteiger partial charge in [0.2, 0.25) is 0 Å². The smallest absolute Gasteiger partial charge is 0.0644 e. The van der Waals surface area contributed by atoms with E-state index in [0.717, 1.165) is 11.1 Å². The second-order valence-electron chi connectivity index (χ2n) is 2.87. The lowest BCUT2D eigenvalue weighted by molar-refractivity contribution is 1.25. The van der Waals surface area contributed by atoms with Crippen molar-refractivity contribution in [2.24, 2.45) is 0 Å². The summed E-state index contributed by atoms with van der Waals surface area (Å²) < 4.78 is 0. The first-order valence-corrected chi connectivity index (χ1v) is 5.67. The minimum absolute atomic E-state index is 0.113. The normalized spacial score (nSPS) is 15.1. The number of hydrogen-bond donors (Lipinski definition) is 0. The summed E-state index contributed by atoms with van der Waals surface area (Å²) in [6.45, 7) is 13.2. The Kier molecular flexibility index (Phi) is 7.65. The SMILES string of the molecule is C=C/C=C(\C=C)C(Br)/C(C=C)=C/C=C\C. The molecule has 0 heterocycles. The van der Waals surface area contributed by atoms with Crippen LogP contribution in [0.4, 0.5) is 0 Å². The summed E-state index contributed by atoms with van der Waals surface area (Å²) >= 11 is 3.60. The zero-order chi connectivity index (χ0) is 11.7. The molecule has 15 heavy (non-hydrogen) atoms. The molecule has 0 nitrogen and oxygen atoms in total. The Morgan fingerprint density at radius 3 is 2.00 bits per heavy atom.